The first kappa shape index (κ1) is 49.7. The molecule has 0 atom stereocenters. The Labute approximate surface area is 326 Å². The van der Waals surface area contributed by atoms with Crippen molar-refractivity contribution in [1.82, 2.24) is 0 Å². The Hall–Kier alpha value is -1.33. The first-order valence-corrected chi connectivity index (χ1v) is 23.3. The van der Waals surface area contributed by atoms with Crippen LogP contribution in [0.4, 0.5) is 0 Å². The van der Waals surface area contributed by atoms with Gasteiger partial charge in [0.1, 0.15) is 13.6 Å². The number of hydrogen-bond acceptors (Lipinski definition) is 8. The molecule has 0 spiro atoms. The molecule has 0 aliphatic rings. The van der Waals surface area contributed by atoms with E-state index in [0.717, 1.165) is 69.3 Å². The number of unbranched alkanes of at least 4 members (excludes halogenated alkanes) is 24. The zero-order valence-corrected chi connectivity index (χ0v) is 34.8. The third-order valence-electron chi connectivity index (χ3n) is 9.51. The predicted molar refractivity (Wildman–Crippen MR) is 220 cm³/mol. The van der Waals surface area contributed by atoms with E-state index in [1.807, 2.05) is 18.2 Å². The van der Waals surface area contributed by atoms with Crippen molar-refractivity contribution in [3.8, 4) is 0 Å². The third-order valence-corrected chi connectivity index (χ3v) is 10.1. The molecule has 0 N–H and O–H groups in total. The minimum atomic E-state index is -3.29. The standard InChI is InChI=1S/C44H80O8S/c1-3-34-47-35-28-22-18-14-10-6-4-7-11-15-19-23-29-36-48-41-50-39-43-32-26-27-33-44(43)40-51-42-49-37-30-24-20-16-12-8-5-9-13-17-21-25-31-38-52-53(2,45)46/h3,26-27,32-33H,1,4-25,28-31,34-42H2,2H3. The molecule has 53 heavy (non-hydrogen) atoms. The number of rotatable bonds is 43. The molecule has 1 rings (SSSR count). The second-order valence-corrected chi connectivity index (χ2v) is 16.2. The summed E-state index contributed by atoms with van der Waals surface area (Å²) in [7, 11) is -3.29. The van der Waals surface area contributed by atoms with E-state index >= 15 is 0 Å². The van der Waals surface area contributed by atoms with Crippen LogP contribution >= 0.6 is 0 Å². The smallest absolute Gasteiger partial charge is 0.264 e. The molecular weight excluding hydrogens is 689 g/mol. The lowest BCUT2D eigenvalue weighted by atomic mass is 10.0. The summed E-state index contributed by atoms with van der Waals surface area (Å²) < 4.78 is 55.1. The zero-order chi connectivity index (χ0) is 38.2. The second kappa shape index (κ2) is 38.9. The van der Waals surface area contributed by atoms with Gasteiger partial charge in [-0.2, -0.15) is 8.42 Å². The van der Waals surface area contributed by atoms with E-state index in [1.165, 1.54) is 135 Å². The molecular formula is C44H80O8S. The maximum atomic E-state index is 10.9. The molecule has 0 amide bonds. The minimum absolute atomic E-state index is 0.318. The van der Waals surface area contributed by atoms with E-state index in [2.05, 4.69) is 18.7 Å². The fraction of sp³-hybridized carbons (Fsp3) is 0.818. The van der Waals surface area contributed by atoms with Gasteiger partial charge in [-0.05, 0) is 36.8 Å². The van der Waals surface area contributed by atoms with E-state index < -0.39 is 10.1 Å². The Kier molecular flexibility index (Phi) is 36.5. The fourth-order valence-electron chi connectivity index (χ4n) is 6.36. The first-order chi connectivity index (χ1) is 26.0. The van der Waals surface area contributed by atoms with Gasteiger partial charge in [0.25, 0.3) is 10.1 Å². The van der Waals surface area contributed by atoms with Crippen LogP contribution in [0, 0.1) is 0 Å². The Morgan fingerprint density at radius 2 is 0.755 bits per heavy atom. The molecule has 0 unspecified atom stereocenters. The van der Waals surface area contributed by atoms with Crippen LogP contribution in [0.15, 0.2) is 36.9 Å². The molecule has 0 saturated carbocycles. The van der Waals surface area contributed by atoms with Gasteiger partial charge in [0.15, 0.2) is 0 Å². The molecule has 1 aromatic carbocycles. The van der Waals surface area contributed by atoms with Gasteiger partial charge in [-0.25, -0.2) is 0 Å². The lowest BCUT2D eigenvalue weighted by Gasteiger charge is -2.11. The molecule has 0 bridgehead atoms. The van der Waals surface area contributed by atoms with Crippen molar-refractivity contribution in [2.75, 3.05) is 52.9 Å². The Balaban J connectivity index is 1.83. The lowest BCUT2D eigenvalue weighted by molar-refractivity contribution is -0.0679. The molecule has 8 nitrogen and oxygen atoms in total. The van der Waals surface area contributed by atoms with Crippen LogP contribution in [0.5, 0.6) is 0 Å². The molecule has 0 heterocycles. The summed E-state index contributed by atoms with van der Waals surface area (Å²) >= 11 is 0. The van der Waals surface area contributed by atoms with Gasteiger partial charge >= 0.3 is 0 Å². The van der Waals surface area contributed by atoms with E-state index in [9.17, 15) is 8.42 Å². The molecule has 0 fully saturated rings. The van der Waals surface area contributed by atoms with E-state index in [4.69, 9.17) is 27.9 Å². The van der Waals surface area contributed by atoms with Crippen molar-refractivity contribution in [3.05, 3.63) is 48.0 Å². The Morgan fingerprint density at radius 1 is 0.453 bits per heavy atom. The largest absolute Gasteiger partial charge is 0.377 e. The second-order valence-electron chi connectivity index (χ2n) is 14.6. The molecule has 0 aromatic heterocycles. The molecule has 0 saturated heterocycles. The van der Waals surface area contributed by atoms with Crippen molar-refractivity contribution in [2.24, 2.45) is 0 Å². The summed E-state index contributed by atoms with van der Waals surface area (Å²) in [5.41, 5.74) is 2.27. The topological polar surface area (TPSA) is 89.5 Å². The molecule has 1 aromatic rings. The fourth-order valence-corrected chi connectivity index (χ4v) is 6.78. The van der Waals surface area contributed by atoms with Gasteiger partial charge in [-0.1, -0.05) is 172 Å². The Morgan fingerprint density at radius 3 is 1.08 bits per heavy atom. The first-order valence-electron chi connectivity index (χ1n) is 21.4. The lowest BCUT2D eigenvalue weighted by Crippen LogP contribution is -2.06. The van der Waals surface area contributed by atoms with E-state index in [0.29, 0.717) is 40.0 Å². The van der Waals surface area contributed by atoms with Crippen LogP contribution in [-0.4, -0.2) is 61.3 Å². The van der Waals surface area contributed by atoms with E-state index in [1.54, 1.807) is 0 Å². The summed E-state index contributed by atoms with van der Waals surface area (Å²) in [5.74, 6) is 0. The monoisotopic (exact) mass is 769 g/mol. The van der Waals surface area contributed by atoms with Gasteiger partial charge in [-0.3, -0.25) is 4.18 Å². The van der Waals surface area contributed by atoms with Gasteiger partial charge in [0, 0.05) is 19.8 Å². The highest BCUT2D eigenvalue weighted by molar-refractivity contribution is 7.85. The van der Waals surface area contributed by atoms with Gasteiger partial charge in [0.05, 0.1) is 32.7 Å². The number of benzene rings is 1. The van der Waals surface area contributed by atoms with Crippen molar-refractivity contribution >= 4 is 10.1 Å². The highest BCUT2D eigenvalue weighted by atomic mass is 32.2. The van der Waals surface area contributed by atoms with Crippen LogP contribution in [0.3, 0.4) is 0 Å². The summed E-state index contributed by atoms with van der Waals surface area (Å²) in [5, 5.41) is 0. The molecule has 0 radical (unpaired) electrons. The SMILES string of the molecule is C=CCOCCCCCCCCCCCCCCCOCOCc1ccccc1COCOCCCCCCCCCCCCCCCOS(C)(=O)=O. The van der Waals surface area contributed by atoms with Crippen LogP contribution in [0.2, 0.25) is 0 Å². The maximum absolute atomic E-state index is 10.9. The highest BCUT2D eigenvalue weighted by Crippen LogP contribution is 2.15. The third kappa shape index (κ3) is 37.4. The average molecular weight is 769 g/mol. The predicted octanol–water partition coefficient (Wildman–Crippen LogP) is 12.0. The average Bonchev–Trinajstić information content (AvgIpc) is 3.14. The van der Waals surface area contributed by atoms with Crippen molar-refractivity contribution in [1.29, 1.82) is 0 Å². The van der Waals surface area contributed by atoms with Crippen LogP contribution in [0.25, 0.3) is 0 Å². The summed E-state index contributed by atoms with van der Waals surface area (Å²) in [6, 6.07) is 8.26. The summed E-state index contributed by atoms with van der Waals surface area (Å²) in [4.78, 5) is 0. The summed E-state index contributed by atoms with van der Waals surface area (Å²) in [6.07, 6.45) is 35.6. The van der Waals surface area contributed by atoms with Gasteiger partial charge in [-0.15, -0.1) is 6.58 Å². The maximum Gasteiger partial charge on any atom is 0.264 e. The van der Waals surface area contributed by atoms with Crippen LogP contribution < -0.4 is 0 Å². The van der Waals surface area contributed by atoms with E-state index in [-0.39, 0.29) is 0 Å². The molecule has 0 aliphatic heterocycles. The van der Waals surface area contributed by atoms with Gasteiger partial charge < -0.3 is 23.7 Å². The quantitative estimate of drug-likeness (QED) is 0.0281. The van der Waals surface area contributed by atoms with Crippen LogP contribution in [-0.2, 0) is 51.2 Å². The number of ether oxygens (including phenoxy) is 5. The molecule has 9 heteroatoms. The van der Waals surface area contributed by atoms with Crippen molar-refractivity contribution in [2.45, 2.75) is 180 Å². The van der Waals surface area contributed by atoms with Crippen LogP contribution in [0.1, 0.15) is 178 Å². The zero-order valence-electron chi connectivity index (χ0n) is 34.0. The summed E-state index contributed by atoms with van der Waals surface area (Å²) in [6.45, 7) is 8.76. The highest BCUT2D eigenvalue weighted by Gasteiger charge is 2.04. The molecule has 310 valence electrons. The minimum Gasteiger partial charge on any atom is -0.377 e. The number of hydrogen-bond donors (Lipinski definition) is 0. The Bertz CT molecular complexity index is 1020. The molecule has 0 aliphatic carbocycles. The van der Waals surface area contributed by atoms with Gasteiger partial charge in [0.2, 0.25) is 0 Å². The van der Waals surface area contributed by atoms with Crippen molar-refractivity contribution in [3.63, 3.8) is 0 Å². The van der Waals surface area contributed by atoms with Crippen molar-refractivity contribution < 1.29 is 36.3 Å². The normalized spacial score (nSPS) is 11.8.